The Morgan fingerprint density at radius 1 is 1.04 bits per heavy atom. The minimum Gasteiger partial charge on any atom is -0.497 e. The predicted octanol–water partition coefficient (Wildman–Crippen LogP) is 2.65. The summed E-state index contributed by atoms with van der Waals surface area (Å²) in [5.74, 6) is 1.94. The van der Waals surface area contributed by atoms with Gasteiger partial charge in [0.15, 0.2) is 5.96 Å². The van der Waals surface area contributed by atoms with Crippen molar-refractivity contribution in [3.8, 4) is 11.5 Å². The lowest BCUT2D eigenvalue weighted by Gasteiger charge is -2.08. The summed E-state index contributed by atoms with van der Waals surface area (Å²) < 4.78 is 15.9. The molecule has 3 N–H and O–H groups in total. The average Bonchev–Trinajstić information content (AvgIpc) is 2.62. The van der Waals surface area contributed by atoms with Crippen LogP contribution in [0.4, 0.5) is 5.69 Å². The molecular weight excluding hydrogens is 306 g/mol. The van der Waals surface area contributed by atoms with Crippen LogP contribution in [0.25, 0.3) is 0 Å². The highest BCUT2D eigenvalue weighted by molar-refractivity contribution is 5.92. The summed E-state index contributed by atoms with van der Waals surface area (Å²) in [6.45, 7) is 1.51. The molecule has 0 atom stereocenters. The summed E-state index contributed by atoms with van der Waals surface area (Å²) in [6, 6.07) is 15.3. The quantitative estimate of drug-likeness (QED) is 0.442. The molecule has 6 heteroatoms. The van der Waals surface area contributed by atoms with Gasteiger partial charge in [-0.1, -0.05) is 18.2 Å². The normalized spacial score (nSPS) is 11.2. The Balaban J connectivity index is 1.70. The third-order valence-corrected chi connectivity index (χ3v) is 3.29. The molecule has 2 aromatic carbocycles. The van der Waals surface area contributed by atoms with E-state index in [0.717, 1.165) is 22.7 Å². The van der Waals surface area contributed by atoms with Gasteiger partial charge in [0.2, 0.25) is 0 Å². The van der Waals surface area contributed by atoms with Crippen LogP contribution in [0, 0.1) is 0 Å². The molecule has 0 bridgehead atoms. The Morgan fingerprint density at radius 3 is 2.50 bits per heavy atom. The molecule has 0 amide bonds. The standard InChI is InChI=1S/C18H23N3O3/c1-22-16-8-6-14(7-9-16)13-24-11-10-20-18(19)21-15-4-3-5-17(12-15)23-2/h3-9,12H,10-11,13H2,1-2H3,(H3,19,20,21). The molecule has 0 aliphatic heterocycles. The summed E-state index contributed by atoms with van der Waals surface area (Å²) in [4.78, 5) is 4.23. The number of hydrogen-bond acceptors (Lipinski definition) is 4. The lowest BCUT2D eigenvalue weighted by atomic mass is 10.2. The largest absolute Gasteiger partial charge is 0.497 e. The van der Waals surface area contributed by atoms with Crippen LogP contribution in [0.15, 0.2) is 53.5 Å². The maximum absolute atomic E-state index is 5.85. The maximum Gasteiger partial charge on any atom is 0.193 e. The van der Waals surface area contributed by atoms with Gasteiger partial charge in [-0.05, 0) is 29.8 Å². The van der Waals surface area contributed by atoms with Crippen molar-refractivity contribution >= 4 is 11.6 Å². The molecule has 0 spiro atoms. The van der Waals surface area contributed by atoms with Gasteiger partial charge in [-0.3, -0.25) is 4.99 Å². The first-order valence-corrected chi connectivity index (χ1v) is 7.63. The van der Waals surface area contributed by atoms with Crippen molar-refractivity contribution in [2.45, 2.75) is 6.61 Å². The lowest BCUT2D eigenvalue weighted by molar-refractivity contribution is 0.128. The third-order valence-electron chi connectivity index (χ3n) is 3.29. The van der Waals surface area contributed by atoms with E-state index in [0.29, 0.717) is 25.7 Å². The van der Waals surface area contributed by atoms with Crippen molar-refractivity contribution in [3.05, 3.63) is 54.1 Å². The van der Waals surface area contributed by atoms with Crippen molar-refractivity contribution in [1.82, 2.24) is 0 Å². The molecule has 0 fully saturated rings. The van der Waals surface area contributed by atoms with E-state index in [1.54, 1.807) is 14.2 Å². The molecule has 6 nitrogen and oxygen atoms in total. The fourth-order valence-corrected chi connectivity index (χ4v) is 2.03. The van der Waals surface area contributed by atoms with E-state index < -0.39 is 0 Å². The minimum atomic E-state index is 0.344. The van der Waals surface area contributed by atoms with Crippen LogP contribution in [0.3, 0.4) is 0 Å². The number of rotatable bonds is 8. The van der Waals surface area contributed by atoms with E-state index in [4.69, 9.17) is 19.9 Å². The summed E-state index contributed by atoms with van der Waals surface area (Å²) >= 11 is 0. The molecule has 0 heterocycles. The zero-order chi connectivity index (χ0) is 17.2. The number of ether oxygens (including phenoxy) is 3. The Hall–Kier alpha value is -2.73. The Bertz CT molecular complexity index is 657. The molecule has 0 aliphatic rings. The highest BCUT2D eigenvalue weighted by Gasteiger charge is 1.98. The number of benzene rings is 2. The first-order valence-electron chi connectivity index (χ1n) is 7.63. The number of nitrogens with one attached hydrogen (secondary N) is 1. The van der Waals surface area contributed by atoms with Crippen LogP contribution in [-0.4, -0.2) is 33.3 Å². The number of hydrogen-bond donors (Lipinski definition) is 2. The molecule has 0 saturated heterocycles. The summed E-state index contributed by atoms with van der Waals surface area (Å²) in [5, 5.41) is 3.02. The molecule has 0 saturated carbocycles. The van der Waals surface area contributed by atoms with E-state index in [9.17, 15) is 0 Å². The first kappa shape index (κ1) is 17.6. The Kier molecular flexibility index (Phi) is 6.91. The Labute approximate surface area is 142 Å². The number of aliphatic imine (C=N–C) groups is 1. The predicted molar refractivity (Wildman–Crippen MR) is 95.8 cm³/mol. The van der Waals surface area contributed by atoms with Crippen molar-refractivity contribution in [2.24, 2.45) is 10.7 Å². The minimum absolute atomic E-state index is 0.344. The van der Waals surface area contributed by atoms with Crippen LogP contribution in [0.2, 0.25) is 0 Å². The van der Waals surface area contributed by atoms with Crippen molar-refractivity contribution in [2.75, 3.05) is 32.7 Å². The molecular formula is C18H23N3O3. The van der Waals surface area contributed by atoms with Crippen LogP contribution >= 0.6 is 0 Å². The van der Waals surface area contributed by atoms with Crippen LogP contribution in [0.1, 0.15) is 5.56 Å². The second-order valence-corrected chi connectivity index (χ2v) is 5.02. The fourth-order valence-electron chi connectivity index (χ4n) is 2.03. The van der Waals surface area contributed by atoms with Gasteiger partial charge in [0.25, 0.3) is 0 Å². The second-order valence-electron chi connectivity index (χ2n) is 5.02. The van der Waals surface area contributed by atoms with Crippen molar-refractivity contribution in [1.29, 1.82) is 0 Å². The summed E-state index contributed by atoms with van der Waals surface area (Å²) in [6.07, 6.45) is 0. The SMILES string of the molecule is COc1ccc(COCCN=C(N)Nc2cccc(OC)c2)cc1. The van der Waals surface area contributed by atoms with E-state index >= 15 is 0 Å². The molecule has 0 aromatic heterocycles. The summed E-state index contributed by atoms with van der Waals surface area (Å²) in [7, 11) is 3.27. The number of guanidine groups is 1. The van der Waals surface area contributed by atoms with E-state index in [-0.39, 0.29) is 0 Å². The van der Waals surface area contributed by atoms with Crippen LogP contribution in [0.5, 0.6) is 11.5 Å². The number of nitrogens with two attached hydrogens (primary N) is 1. The summed E-state index contributed by atoms with van der Waals surface area (Å²) in [5.41, 5.74) is 7.77. The van der Waals surface area contributed by atoms with Crippen molar-refractivity contribution in [3.63, 3.8) is 0 Å². The topological polar surface area (TPSA) is 78.1 Å². The van der Waals surface area contributed by atoms with E-state index in [1.807, 2.05) is 48.5 Å². The van der Waals surface area contributed by atoms with Gasteiger partial charge in [0.05, 0.1) is 34.0 Å². The number of anilines is 1. The average molecular weight is 329 g/mol. The van der Waals surface area contributed by atoms with Crippen LogP contribution < -0.4 is 20.5 Å². The molecule has 0 radical (unpaired) electrons. The first-order chi connectivity index (χ1) is 11.7. The molecule has 0 unspecified atom stereocenters. The highest BCUT2D eigenvalue weighted by atomic mass is 16.5. The van der Waals surface area contributed by atoms with Gasteiger partial charge in [-0.2, -0.15) is 0 Å². The number of methoxy groups -OCH3 is 2. The number of nitrogens with zero attached hydrogens (tertiary/aromatic N) is 1. The van der Waals surface area contributed by atoms with Gasteiger partial charge < -0.3 is 25.3 Å². The van der Waals surface area contributed by atoms with Crippen molar-refractivity contribution < 1.29 is 14.2 Å². The van der Waals surface area contributed by atoms with E-state index in [2.05, 4.69) is 10.3 Å². The highest BCUT2D eigenvalue weighted by Crippen LogP contribution is 2.16. The van der Waals surface area contributed by atoms with Gasteiger partial charge in [0.1, 0.15) is 11.5 Å². The maximum atomic E-state index is 5.85. The van der Waals surface area contributed by atoms with Crippen LogP contribution in [-0.2, 0) is 11.3 Å². The molecule has 128 valence electrons. The zero-order valence-electron chi connectivity index (χ0n) is 14.0. The molecule has 24 heavy (non-hydrogen) atoms. The third kappa shape index (κ3) is 5.81. The Morgan fingerprint density at radius 2 is 1.79 bits per heavy atom. The van der Waals surface area contributed by atoms with Gasteiger partial charge in [-0.25, -0.2) is 0 Å². The zero-order valence-corrected chi connectivity index (χ0v) is 14.0. The van der Waals surface area contributed by atoms with Gasteiger partial charge >= 0.3 is 0 Å². The van der Waals surface area contributed by atoms with Gasteiger partial charge in [-0.15, -0.1) is 0 Å². The smallest absolute Gasteiger partial charge is 0.193 e. The monoisotopic (exact) mass is 329 g/mol. The molecule has 2 aromatic rings. The van der Waals surface area contributed by atoms with Gasteiger partial charge in [0, 0.05) is 11.8 Å². The fraction of sp³-hybridized carbons (Fsp3) is 0.278. The molecule has 2 rings (SSSR count). The molecule has 0 aliphatic carbocycles. The lowest BCUT2D eigenvalue weighted by Crippen LogP contribution is -2.23. The second kappa shape index (κ2) is 9.42. The van der Waals surface area contributed by atoms with E-state index in [1.165, 1.54) is 0 Å².